The highest BCUT2D eigenvalue weighted by molar-refractivity contribution is 6.53. The van der Waals surface area contributed by atoms with E-state index in [1.807, 2.05) is 0 Å². The number of hydrogen-bond acceptors (Lipinski definition) is 3. The molecular weight excluding hydrogens is 601 g/mol. The Hall–Kier alpha value is -1.91. The second-order valence-corrected chi connectivity index (χ2v) is 11.5. The molecule has 2 aromatic carbocycles. The van der Waals surface area contributed by atoms with Crippen LogP contribution in [0.1, 0.15) is 28.3 Å². The molecule has 1 aliphatic carbocycles. The van der Waals surface area contributed by atoms with Gasteiger partial charge in [0.1, 0.15) is 10.8 Å². The van der Waals surface area contributed by atoms with Crippen LogP contribution in [0.15, 0.2) is 36.4 Å². The number of amides is 3. The Morgan fingerprint density at radius 2 is 1.62 bits per heavy atom. The molecule has 2 atom stereocenters. The minimum Gasteiger partial charge on any atom is -0.346 e. The van der Waals surface area contributed by atoms with Crippen molar-refractivity contribution in [3.63, 3.8) is 0 Å². The fraction of sp³-hybridized carbons (Fsp3) is 0.348. The summed E-state index contributed by atoms with van der Waals surface area (Å²) >= 11 is 31.0. The summed E-state index contributed by atoms with van der Waals surface area (Å²) in [4.78, 5) is 38.2. The van der Waals surface area contributed by atoms with Crippen molar-refractivity contribution in [1.29, 1.82) is 0 Å². The summed E-state index contributed by atoms with van der Waals surface area (Å²) in [5.74, 6) is -3.57. The Morgan fingerprint density at radius 1 is 1.00 bits per heavy atom. The van der Waals surface area contributed by atoms with E-state index in [2.05, 4.69) is 10.6 Å². The van der Waals surface area contributed by atoms with Crippen molar-refractivity contribution < 1.29 is 27.6 Å². The summed E-state index contributed by atoms with van der Waals surface area (Å²) in [6, 6.07) is 8.47. The van der Waals surface area contributed by atoms with Gasteiger partial charge in [-0.15, -0.1) is 23.2 Å². The molecule has 1 heterocycles. The minimum absolute atomic E-state index is 0.0246. The number of carbonyl (C=O) groups excluding carboxylic acids is 3. The van der Waals surface area contributed by atoms with Crippen molar-refractivity contribution in [2.24, 2.45) is 5.92 Å². The first-order chi connectivity index (χ1) is 17.2. The van der Waals surface area contributed by atoms with E-state index in [0.29, 0.717) is 15.6 Å². The van der Waals surface area contributed by atoms with Crippen molar-refractivity contribution in [2.45, 2.75) is 28.9 Å². The highest BCUT2D eigenvalue weighted by atomic mass is 35.5. The van der Waals surface area contributed by atoms with Gasteiger partial charge in [-0.1, -0.05) is 34.8 Å². The van der Waals surface area contributed by atoms with Crippen LogP contribution in [0, 0.1) is 5.92 Å². The molecule has 14 heteroatoms. The van der Waals surface area contributed by atoms with Crippen LogP contribution >= 0.6 is 58.0 Å². The van der Waals surface area contributed by atoms with Crippen molar-refractivity contribution in [3.8, 4) is 0 Å². The molecule has 4 rings (SSSR count). The summed E-state index contributed by atoms with van der Waals surface area (Å²) in [7, 11) is 0. The van der Waals surface area contributed by atoms with Gasteiger partial charge in [0.15, 0.2) is 0 Å². The monoisotopic (exact) mass is 615 g/mol. The lowest BCUT2D eigenvalue weighted by Gasteiger charge is -2.39. The average Bonchev–Trinajstić information content (AvgIpc) is 3.31. The molecule has 1 saturated carbocycles. The van der Waals surface area contributed by atoms with Crippen LogP contribution in [-0.2, 0) is 9.59 Å². The van der Waals surface area contributed by atoms with Crippen LogP contribution in [0.3, 0.4) is 0 Å². The number of nitrogens with zero attached hydrogens (tertiary/aromatic N) is 1. The molecule has 2 aliphatic rings. The quantitative estimate of drug-likeness (QED) is 0.387. The van der Waals surface area contributed by atoms with Gasteiger partial charge >= 0.3 is 6.18 Å². The molecule has 6 nitrogen and oxygen atoms in total. The van der Waals surface area contributed by atoms with Crippen molar-refractivity contribution in [3.05, 3.63) is 62.6 Å². The Kier molecular flexibility index (Phi) is 7.85. The molecule has 0 radical (unpaired) electrons. The Balaban J connectivity index is 1.38. The van der Waals surface area contributed by atoms with Crippen LogP contribution < -0.4 is 10.6 Å². The number of nitrogens with one attached hydrogen (secondary N) is 2. The van der Waals surface area contributed by atoms with Crippen molar-refractivity contribution >= 4 is 81.4 Å². The zero-order valence-corrected chi connectivity index (χ0v) is 22.3. The van der Waals surface area contributed by atoms with E-state index in [0.717, 1.165) is 4.90 Å². The number of carbonyl (C=O) groups is 3. The minimum atomic E-state index is -4.60. The van der Waals surface area contributed by atoms with Gasteiger partial charge in [0.25, 0.3) is 5.91 Å². The van der Waals surface area contributed by atoms with Crippen LogP contribution in [0.25, 0.3) is 0 Å². The van der Waals surface area contributed by atoms with E-state index in [9.17, 15) is 27.6 Å². The maximum Gasteiger partial charge on any atom is 0.397 e. The predicted molar refractivity (Wildman–Crippen MR) is 136 cm³/mol. The first-order valence-corrected chi connectivity index (χ1v) is 12.6. The number of anilines is 1. The van der Waals surface area contributed by atoms with E-state index in [4.69, 9.17) is 58.0 Å². The number of benzene rings is 2. The van der Waals surface area contributed by atoms with E-state index >= 15 is 0 Å². The number of likely N-dealkylation sites (tertiary alicyclic amines) is 1. The summed E-state index contributed by atoms with van der Waals surface area (Å²) < 4.78 is 35.7. The average molecular weight is 618 g/mol. The summed E-state index contributed by atoms with van der Waals surface area (Å²) in [5, 5.41) is 6.09. The third-order valence-corrected chi connectivity index (χ3v) is 7.69. The number of hydrogen-bond donors (Lipinski definition) is 2. The van der Waals surface area contributed by atoms with E-state index in [-0.39, 0.29) is 29.4 Å². The van der Waals surface area contributed by atoms with Gasteiger partial charge in [0, 0.05) is 34.7 Å². The lowest BCUT2D eigenvalue weighted by Crippen LogP contribution is -2.61. The molecule has 198 valence electrons. The SMILES string of the molecule is O=C(NC1CN(C(=O)CC(F)(F)F)C1)c1cc(NC(=O)[C@H]2[C@H](c3cc(Cl)cc(Cl)c3)C2(Cl)Cl)ccc1Cl. The molecular formula is C23H17Cl5F3N3O3. The normalized spacial score (nSPS) is 20.7. The fourth-order valence-corrected chi connectivity index (χ4v) is 5.71. The highest BCUT2D eigenvalue weighted by Crippen LogP contribution is 2.65. The first kappa shape index (κ1) is 28.1. The van der Waals surface area contributed by atoms with Crippen molar-refractivity contribution in [1.82, 2.24) is 10.2 Å². The van der Waals surface area contributed by atoms with Gasteiger partial charge < -0.3 is 15.5 Å². The first-order valence-electron chi connectivity index (χ1n) is 10.8. The smallest absolute Gasteiger partial charge is 0.346 e. The second-order valence-electron chi connectivity index (χ2n) is 8.78. The van der Waals surface area contributed by atoms with E-state index < -0.39 is 52.5 Å². The van der Waals surface area contributed by atoms with E-state index in [1.165, 1.54) is 24.3 Å². The number of halogens is 8. The van der Waals surface area contributed by atoms with Crippen LogP contribution in [-0.4, -0.2) is 52.3 Å². The lowest BCUT2D eigenvalue weighted by molar-refractivity contribution is -0.164. The fourth-order valence-electron chi connectivity index (χ4n) is 4.14. The van der Waals surface area contributed by atoms with Crippen LogP contribution in [0.2, 0.25) is 15.1 Å². The third-order valence-electron chi connectivity index (χ3n) is 5.98. The van der Waals surface area contributed by atoms with Gasteiger partial charge in [-0.05, 0) is 42.0 Å². The zero-order valence-electron chi connectivity index (χ0n) is 18.5. The largest absolute Gasteiger partial charge is 0.397 e. The maximum absolute atomic E-state index is 12.9. The van der Waals surface area contributed by atoms with Crippen LogP contribution in [0.5, 0.6) is 0 Å². The molecule has 0 spiro atoms. The van der Waals surface area contributed by atoms with Crippen molar-refractivity contribution in [2.75, 3.05) is 18.4 Å². The number of rotatable bonds is 6. The van der Waals surface area contributed by atoms with Gasteiger partial charge in [-0.2, -0.15) is 13.2 Å². The van der Waals surface area contributed by atoms with Gasteiger partial charge in [0.05, 0.1) is 22.5 Å². The summed E-state index contributed by atoms with van der Waals surface area (Å²) in [6.45, 7) is -0.113. The summed E-state index contributed by atoms with van der Waals surface area (Å²) in [5.41, 5.74) is 0.868. The molecule has 0 aromatic heterocycles. The maximum atomic E-state index is 12.9. The Labute approximate surface area is 234 Å². The van der Waals surface area contributed by atoms with E-state index in [1.54, 1.807) is 12.1 Å². The molecule has 2 N–H and O–H groups in total. The van der Waals surface area contributed by atoms with Gasteiger partial charge in [0.2, 0.25) is 11.8 Å². The molecule has 3 amide bonds. The molecule has 0 bridgehead atoms. The van der Waals surface area contributed by atoms with Gasteiger partial charge in [-0.25, -0.2) is 0 Å². The molecule has 2 fully saturated rings. The molecule has 1 saturated heterocycles. The predicted octanol–water partition coefficient (Wildman–Crippen LogP) is 6.07. The Morgan fingerprint density at radius 3 is 2.22 bits per heavy atom. The lowest BCUT2D eigenvalue weighted by atomic mass is 10.1. The number of alkyl halides is 5. The Bertz CT molecular complexity index is 1250. The topological polar surface area (TPSA) is 78.5 Å². The van der Waals surface area contributed by atoms with Gasteiger partial charge in [-0.3, -0.25) is 14.4 Å². The summed E-state index contributed by atoms with van der Waals surface area (Å²) in [6.07, 6.45) is -6.16. The highest BCUT2D eigenvalue weighted by Gasteiger charge is 2.67. The van der Waals surface area contributed by atoms with Crippen LogP contribution in [0.4, 0.5) is 18.9 Å². The molecule has 37 heavy (non-hydrogen) atoms. The molecule has 0 unspecified atom stereocenters. The third kappa shape index (κ3) is 6.40. The zero-order chi connectivity index (χ0) is 27.3. The second kappa shape index (κ2) is 10.3. The molecule has 2 aromatic rings. The molecule has 1 aliphatic heterocycles. The standard InChI is InChI=1S/C23H17Cl5F3N3O3/c24-11-3-10(4-12(25)5-11)18-19(23(18,27)28)21(37)32-13-1-2-16(26)15(6-13)20(36)33-14-8-34(9-14)17(35)7-22(29,30)31/h1-6,14,18-19H,7-9H2,(H,32,37)(H,33,36)/t18-,19+/m0/s1.